The van der Waals surface area contributed by atoms with E-state index in [-0.39, 0.29) is 6.54 Å². The Labute approximate surface area is 162 Å². The van der Waals surface area contributed by atoms with Crippen LogP contribution in [0.1, 0.15) is 10.4 Å². The SMILES string of the molecule is Cc1ccsc1/C=N/NC(=O)CN(c1cccc2ccccc12)S(C)(=O)=O. The van der Waals surface area contributed by atoms with Gasteiger partial charge in [0.05, 0.1) is 18.2 Å². The minimum absolute atomic E-state index is 0.354. The van der Waals surface area contributed by atoms with Crippen molar-refractivity contribution in [3.8, 4) is 0 Å². The first-order valence-corrected chi connectivity index (χ1v) is 10.9. The molecule has 0 unspecified atom stereocenters. The van der Waals surface area contributed by atoms with Gasteiger partial charge >= 0.3 is 0 Å². The molecule has 0 aliphatic carbocycles. The number of anilines is 1. The van der Waals surface area contributed by atoms with Crippen LogP contribution in [0.15, 0.2) is 59.0 Å². The third kappa shape index (κ3) is 4.53. The summed E-state index contributed by atoms with van der Waals surface area (Å²) in [5.74, 6) is -0.515. The number of nitrogens with zero attached hydrogens (tertiary/aromatic N) is 2. The molecule has 8 heteroatoms. The number of carbonyl (C=O) groups excluding carboxylic acids is 1. The predicted molar refractivity (Wildman–Crippen MR) is 111 cm³/mol. The van der Waals surface area contributed by atoms with Crippen molar-refractivity contribution in [2.75, 3.05) is 17.1 Å². The summed E-state index contributed by atoms with van der Waals surface area (Å²) < 4.78 is 25.7. The Balaban J connectivity index is 1.83. The number of hydrazone groups is 1. The van der Waals surface area contributed by atoms with Gasteiger partial charge in [0.25, 0.3) is 5.91 Å². The fraction of sp³-hybridized carbons (Fsp3) is 0.158. The number of thiophene rings is 1. The van der Waals surface area contributed by atoms with Gasteiger partial charge in [0.1, 0.15) is 6.54 Å². The highest BCUT2D eigenvalue weighted by molar-refractivity contribution is 7.92. The first kappa shape index (κ1) is 19.1. The zero-order valence-electron chi connectivity index (χ0n) is 14.9. The molecular weight excluding hydrogens is 382 g/mol. The van der Waals surface area contributed by atoms with Crippen LogP contribution in [-0.4, -0.2) is 33.3 Å². The van der Waals surface area contributed by atoms with E-state index >= 15 is 0 Å². The second-order valence-electron chi connectivity index (χ2n) is 6.03. The summed E-state index contributed by atoms with van der Waals surface area (Å²) in [5, 5.41) is 7.52. The quantitative estimate of drug-likeness (QED) is 0.509. The molecule has 1 N–H and O–H groups in total. The zero-order valence-corrected chi connectivity index (χ0v) is 16.5. The number of hydrogen-bond donors (Lipinski definition) is 1. The number of amides is 1. The molecule has 1 amide bonds. The minimum atomic E-state index is -3.66. The zero-order chi connectivity index (χ0) is 19.4. The summed E-state index contributed by atoms with van der Waals surface area (Å²) in [7, 11) is -3.66. The highest BCUT2D eigenvalue weighted by Crippen LogP contribution is 2.28. The minimum Gasteiger partial charge on any atom is -0.271 e. The van der Waals surface area contributed by atoms with E-state index < -0.39 is 15.9 Å². The number of benzene rings is 2. The van der Waals surface area contributed by atoms with Gasteiger partial charge in [-0.25, -0.2) is 13.8 Å². The van der Waals surface area contributed by atoms with Gasteiger partial charge in [-0.15, -0.1) is 11.3 Å². The maximum absolute atomic E-state index is 12.3. The summed E-state index contributed by atoms with van der Waals surface area (Å²) in [6, 6.07) is 14.8. The van der Waals surface area contributed by atoms with Crippen molar-refractivity contribution in [1.29, 1.82) is 0 Å². The standard InChI is InChI=1S/C19H19N3O3S2/c1-14-10-11-26-18(14)12-20-21-19(23)13-22(27(2,24)25)17-9-5-7-15-6-3-4-8-16(15)17/h3-12H,13H2,1-2H3,(H,21,23)/b20-12+. The van der Waals surface area contributed by atoms with Crippen LogP contribution in [0.4, 0.5) is 5.69 Å². The number of rotatable bonds is 6. The highest BCUT2D eigenvalue weighted by atomic mass is 32.2. The summed E-state index contributed by atoms with van der Waals surface area (Å²) in [5.41, 5.74) is 3.92. The van der Waals surface area contributed by atoms with Crippen LogP contribution in [0, 0.1) is 6.92 Å². The molecule has 0 aliphatic rings. The molecule has 3 rings (SSSR count). The van der Waals surface area contributed by atoms with Gasteiger partial charge in [-0.2, -0.15) is 5.10 Å². The Morgan fingerprint density at radius 1 is 1.19 bits per heavy atom. The van der Waals surface area contributed by atoms with Gasteiger partial charge in [-0.1, -0.05) is 36.4 Å². The van der Waals surface area contributed by atoms with Gasteiger partial charge in [0.2, 0.25) is 10.0 Å². The van der Waals surface area contributed by atoms with Gasteiger partial charge < -0.3 is 0 Å². The number of nitrogens with one attached hydrogen (secondary N) is 1. The predicted octanol–water partition coefficient (Wildman–Crippen LogP) is 3.13. The molecule has 2 aromatic carbocycles. The first-order valence-electron chi connectivity index (χ1n) is 8.18. The normalized spacial score (nSPS) is 11.8. The van der Waals surface area contributed by atoms with Crippen LogP contribution in [0.2, 0.25) is 0 Å². The van der Waals surface area contributed by atoms with Gasteiger partial charge in [0.15, 0.2) is 0 Å². The van der Waals surface area contributed by atoms with Crippen LogP contribution in [0.5, 0.6) is 0 Å². The molecule has 0 spiro atoms. The average Bonchev–Trinajstić information content (AvgIpc) is 3.03. The van der Waals surface area contributed by atoms with E-state index in [1.807, 2.05) is 48.7 Å². The maximum Gasteiger partial charge on any atom is 0.260 e. The van der Waals surface area contributed by atoms with Crippen molar-refractivity contribution in [2.45, 2.75) is 6.92 Å². The molecular formula is C19H19N3O3S2. The fourth-order valence-electron chi connectivity index (χ4n) is 2.65. The van der Waals surface area contributed by atoms with Crippen LogP contribution in [0.25, 0.3) is 10.8 Å². The van der Waals surface area contributed by atoms with Crippen molar-refractivity contribution in [3.63, 3.8) is 0 Å². The summed E-state index contributed by atoms with van der Waals surface area (Å²) in [6.45, 7) is 1.60. The lowest BCUT2D eigenvalue weighted by Crippen LogP contribution is -2.39. The Hall–Kier alpha value is -2.71. The Kier molecular flexibility index (Phi) is 5.57. The Morgan fingerprint density at radius 3 is 2.63 bits per heavy atom. The van der Waals surface area contributed by atoms with E-state index in [0.717, 1.165) is 31.8 Å². The topological polar surface area (TPSA) is 78.8 Å². The number of fused-ring (bicyclic) bond motifs is 1. The monoisotopic (exact) mass is 401 g/mol. The van der Waals surface area contributed by atoms with E-state index in [4.69, 9.17) is 0 Å². The van der Waals surface area contributed by atoms with Gasteiger partial charge in [0, 0.05) is 10.3 Å². The van der Waals surface area contributed by atoms with Crippen LogP contribution in [-0.2, 0) is 14.8 Å². The lowest BCUT2D eigenvalue weighted by molar-refractivity contribution is -0.119. The number of sulfonamides is 1. The van der Waals surface area contributed by atoms with Crippen LogP contribution in [0.3, 0.4) is 0 Å². The third-order valence-corrected chi connectivity index (χ3v) is 6.08. The lowest BCUT2D eigenvalue weighted by Gasteiger charge is -2.23. The van der Waals surface area contributed by atoms with E-state index in [1.54, 1.807) is 18.3 Å². The van der Waals surface area contributed by atoms with Crippen molar-refractivity contribution in [2.24, 2.45) is 5.10 Å². The van der Waals surface area contributed by atoms with Crippen molar-refractivity contribution in [3.05, 3.63) is 64.4 Å². The molecule has 0 aliphatic heterocycles. The molecule has 0 atom stereocenters. The lowest BCUT2D eigenvalue weighted by atomic mass is 10.1. The average molecular weight is 402 g/mol. The van der Waals surface area contributed by atoms with E-state index in [2.05, 4.69) is 10.5 Å². The maximum atomic E-state index is 12.3. The molecule has 3 aromatic rings. The molecule has 140 valence electrons. The van der Waals surface area contributed by atoms with E-state index in [9.17, 15) is 13.2 Å². The molecule has 1 heterocycles. The van der Waals surface area contributed by atoms with E-state index in [0.29, 0.717) is 5.69 Å². The molecule has 6 nitrogen and oxygen atoms in total. The second-order valence-corrected chi connectivity index (χ2v) is 8.88. The Morgan fingerprint density at radius 2 is 1.93 bits per heavy atom. The number of hydrogen-bond acceptors (Lipinski definition) is 5. The molecule has 1 aromatic heterocycles. The fourth-order valence-corrected chi connectivity index (χ4v) is 4.31. The second kappa shape index (κ2) is 7.89. The molecule has 0 saturated heterocycles. The molecule has 0 radical (unpaired) electrons. The summed E-state index contributed by atoms with van der Waals surface area (Å²) >= 11 is 1.51. The van der Waals surface area contributed by atoms with Crippen molar-refractivity contribution in [1.82, 2.24) is 5.43 Å². The molecule has 0 saturated carbocycles. The largest absolute Gasteiger partial charge is 0.271 e. The smallest absolute Gasteiger partial charge is 0.260 e. The van der Waals surface area contributed by atoms with Crippen LogP contribution < -0.4 is 9.73 Å². The summed E-state index contributed by atoms with van der Waals surface area (Å²) in [6.07, 6.45) is 2.64. The van der Waals surface area contributed by atoms with Crippen molar-refractivity contribution < 1.29 is 13.2 Å². The third-order valence-electron chi connectivity index (χ3n) is 4.00. The number of aryl methyl sites for hydroxylation is 1. The molecule has 0 fully saturated rings. The molecule has 27 heavy (non-hydrogen) atoms. The van der Waals surface area contributed by atoms with Crippen LogP contribution >= 0.6 is 11.3 Å². The van der Waals surface area contributed by atoms with Crippen molar-refractivity contribution >= 4 is 49.9 Å². The summed E-state index contributed by atoms with van der Waals surface area (Å²) in [4.78, 5) is 13.2. The van der Waals surface area contributed by atoms with Gasteiger partial charge in [-0.3, -0.25) is 9.10 Å². The first-order chi connectivity index (χ1) is 12.9. The number of carbonyl (C=O) groups is 1. The van der Waals surface area contributed by atoms with Gasteiger partial charge in [-0.05, 0) is 35.4 Å². The van der Waals surface area contributed by atoms with E-state index in [1.165, 1.54) is 11.3 Å². The highest BCUT2D eigenvalue weighted by Gasteiger charge is 2.22. The molecule has 0 bridgehead atoms. The Bertz CT molecular complexity index is 1100.